The van der Waals surface area contributed by atoms with Crippen molar-refractivity contribution in [2.45, 2.75) is 52.7 Å². The standard InChI is InChI=1S/C13H20N6/c1-8-11(9(2)16-15-8)7-14-10(3)13-18-17-12-5-4-6-19(12)13/h10,14H,4-7H2,1-3H3,(H,15,16). The van der Waals surface area contributed by atoms with Gasteiger partial charge in [-0.05, 0) is 27.2 Å². The molecule has 0 saturated carbocycles. The smallest absolute Gasteiger partial charge is 0.149 e. The molecule has 0 spiro atoms. The van der Waals surface area contributed by atoms with E-state index in [2.05, 4.69) is 44.1 Å². The Balaban J connectivity index is 1.70. The van der Waals surface area contributed by atoms with E-state index in [1.807, 2.05) is 6.92 Å². The number of H-pyrrole nitrogens is 1. The zero-order chi connectivity index (χ0) is 13.4. The first-order valence-corrected chi connectivity index (χ1v) is 6.82. The van der Waals surface area contributed by atoms with E-state index >= 15 is 0 Å². The van der Waals surface area contributed by atoms with Gasteiger partial charge in [0.2, 0.25) is 0 Å². The van der Waals surface area contributed by atoms with E-state index in [4.69, 9.17) is 0 Å². The lowest BCUT2D eigenvalue weighted by atomic mass is 10.2. The fraction of sp³-hybridized carbons (Fsp3) is 0.615. The van der Waals surface area contributed by atoms with Gasteiger partial charge in [0.25, 0.3) is 0 Å². The Morgan fingerprint density at radius 3 is 2.95 bits per heavy atom. The van der Waals surface area contributed by atoms with E-state index < -0.39 is 0 Å². The molecule has 0 aliphatic carbocycles. The molecule has 6 nitrogen and oxygen atoms in total. The molecule has 0 bridgehead atoms. The van der Waals surface area contributed by atoms with Crippen LogP contribution in [0.4, 0.5) is 0 Å². The quantitative estimate of drug-likeness (QED) is 0.872. The highest BCUT2D eigenvalue weighted by molar-refractivity contribution is 5.23. The minimum Gasteiger partial charge on any atom is -0.314 e. The van der Waals surface area contributed by atoms with E-state index in [9.17, 15) is 0 Å². The van der Waals surface area contributed by atoms with E-state index in [0.29, 0.717) is 0 Å². The van der Waals surface area contributed by atoms with Gasteiger partial charge in [-0.15, -0.1) is 10.2 Å². The Morgan fingerprint density at radius 1 is 1.37 bits per heavy atom. The highest BCUT2D eigenvalue weighted by Crippen LogP contribution is 2.19. The number of aromatic nitrogens is 5. The summed E-state index contributed by atoms with van der Waals surface area (Å²) < 4.78 is 2.24. The van der Waals surface area contributed by atoms with Crippen LogP contribution in [0.5, 0.6) is 0 Å². The SMILES string of the molecule is Cc1n[nH]c(C)c1CNC(C)c1nnc2n1CCC2. The molecule has 0 saturated heterocycles. The third-order valence-corrected chi connectivity index (χ3v) is 3.89. The molecule has 2 N–H and O–H groups in total. The molecule has 0 amide bonds. The Bertz CT molecular complexity index is 562. The maximum atomic E-state index is 4.31. The minimum atomic E-state index is 0.202. The molecule has 0 aromatic carbocycles. The van der Waals surface area contributed by atoms with Crippen molar-refractivity contribution in [1.29, 1.82) is 0 Å². The first kappa shape index (κ1) is 12.3. The van der Waals surface area contributed by atoms with Crippen molar-refractivity contribution in [3.63, 3.8) is 0 Å². The van der Waals surface area contributed by atoms with Gasteiger partial charge < -0.3 is 9.88 Å². The number of rotatable bonds is 4. The maximum Gasteiger partial charge on any atom is 0.149 e. The van der Waals surface area contributed by atoms with Crippen LogP contribution in [0, 0.1) is 13.8 Å². The number of aryl methyl sites for hydroxylation is 3. The summed E-state index contributed by atoms with van der Waals surface area (Å²) in [6, 6.07) is 0.202. The van der Waals surface area contributed by atoms with Gasteiger partial charge >= 0.3 is 0 Å². The summed E-state index contributed by atoms with van der Waals surface area (Å²) in [5.74, 6) is 2.17. The normalized spacial score (nSPS) is 15.7. The number of aromatic amines is 1. The van der Waals surface area contributed by atoms with Crippen molar-refractivity contribution in [1.82, 2.24) is 30.3 Å². The summed E-state index contributed by atoms with van der Waals surface area (Å²) in [5, 5.41) is 19.3. The molecule has 1 atom stereocenters. The Labute approximate surface area is 112 Å². The van der Waals surface area contributed by atoms with Crippen LogP contribution in [0.1, 0.15) is 48.0 Å². The van der Waals surface area contributed by atoms with Crippen LogP contribution in [-0.2, 0) is 19.5 Å². The van der Waals surface area contributed by atoms with Crippen LogP contribution < -0.4 is 5.32 Å². The monoisotopic (exact) mass is 260 g/mol. The Hall–Kier alpha value is -1.69. The maximum absolute atomic E-state index is 4.31. The Morgan fingerprint density at radius 2 is 2.21 bits per heavy atom. The third kappa shape index (κ3) is 2.16. The first-order chi connectivity index (χ1) is 9.16. The average Bonchev–Trinajstić information content (AvgIpc) is 3.04. The van der Waals surface area contributed by atoms with Crippen molar-refractivity contribution in [3.05, 3.63) is 28.6 Å². The Kier molecular flexibility index (Phi) is 3.10. The lowest BCUT2D eigenvalue weighted by Crippen LogP contribution is -2.22. The van der Waals surface area contributed by atoms with E-state index in [-0.39, 0.29) is 6.04 Å². The molecule has 6 heteroatoms. The van der Waals surface area contributed by atoms with Crippen molar-refractivity contribution in [2.24, 2.45) is 0 Å². The zero-order valence-corrected chi connectivity index (χ0v) is 11.7. The second kappa shape index (κ2) is 4.77. The second-order valence-electron chi connectivity index (χ2n) is 5.24. The molecule has 3 rings (SSSR count). The lowest BCUT2D eigenvalue weighted by molar-refractivity contribution is 0.514. The van der Waals surface area contributed by atoms with Crippen LogP contribution in [0.2, 0.25) is 0 Å². The van der Waals surface area contributed by atoms with Gasteiger partial charge in [0.15, 0.2) is 0 Å². The van der Waals surface area contributed by atoms with Gasteiger partial charge in [-0.1, -0.05) is 0 Å². The summed E-state index contributed by atoms with van der Waals surface area (Å²) in [7, 11) is 0. The summed E-state index contributed by atoms with van der Waals surface area (Å²) in [6.07, 6.45) is 2.24. The van der Waals surface area contributed by atoms with Gasteiger partial charge in [0.05, 0.1) is 11.7 Å². The van der Waals surface area contributed by atoms with E-state index in [0.717, 1.165) is 42.5 Å². The van der Waals surface area contributed by atoms with Crippen LogP contribution >= 0.6 is 0 Å². The van der Waals surface area contributed by atoms with Crippen LogP contribution in [-0.4, -0.2) is 25.0 Å². The molecule has 1 aliphatic heterocycles. The number of hydrogen-bond donors (Lipinski definition) is 2. The second-order valence-corrected chi connectivity index (χ2v) is 5.24. The first-order valence-electron chi connectivity index (χ1n) is 6.82. The highest BCUT2D eigenvalue weighted by atomic mass is 15.3. The molecule has 19 heavy (non-hydrogen) atoms. The number of nitrogens with zero attached hydrogens (tertiary/aromatic N) is 4. The predicted molar refractivity (Wildman–Crippen MR) is 71.7 cm³/mol. The molecular formula is C13H20N6. The summed E-state index contributed by atoms with van der Waals surface area (Å²) >= 11 is 0. The van der Waals surface area contributed by atoms with E-state index in [1.54, 1.807) is 0 Å². The molecule has 102 valence electrons. The van der Waals surface area contributed by atoms with Crippen LogP contribution in [0.15, 0.2) is 0 Å². The fourth-order valence-electron chi connectivity index (χ4n) is 2.67. The zero-order valence-electron chi connectivity index (χ0n) is 11.7. The molecule has 1 unspecified atom stereocenters. The molecule has 0 radical (unpaired) electrons. The summed E-state index contributed by atoms with van der Waals surface area (Å²) in [6.45, 7) is 8.07. The number of nitrogens with one attached hydrogen (secondary N) is 2. The largest absolute Gasteiger partial charge is 0.314 e. The van der Waals surface area contributed by atoms with Gasteiger partial charge in [-0.2, -0.15) is 5.10 Å². The minimum absolute atomic E-state index is 0.202. The number of fused-ring (bicyclic) bond motifs is 1. The molecule has 0 fully saturated rings. The number of hydrogen-bond acceptors (Lipinski definition) is 4. The summed E-state index contributed by atoms with van der Waals surface area (Å²) in [5.41, 5.74) is 3.43. The molecule has 1 aliphatic rings. The summed E-state index contributed by atoms with van der Waals surface area (Å²) in [4.78, 5) is 0. The highest BCUT2D eigenvalue weighted by Gasteiger charge is 2.21. The van der Waals surface area contributed by atoms with Crippen molar-refractivity contribution in [2.75, 3.05) is 0 Å². The predicted octanol–water partition coefficient (Wildman–Crippen LogP) is 1.42. The average molecular weight is 260 g/mol. The van der Waals surface area contributed by atoms with Gasteiger partial charge in [0, 0.05) is 30.8 Å². The van der Waals surface area contributed by atoms with Gasteiger partial charge in [-0.25, -0.2) is 0 Å². The van der Waals surface area contributed by atoms with Gasteiger partial charge in [-0.3, -0.25) is 5.10 Å². The molecule has 2 aromatic heterocycles. The molecule has 3 heterocycles. The lowest BCUT2D eigenvalue weighted by Gasteiger charge is -2.14. The topological polar surface area (TPSA) is 71.4 Å². The third-order valence-electron chi connectivity index (χ3n) is 3.89. The van der Waals surface area contributed by atoms with Gasteiger partial charge in [0.1, 0.15) is 11.6 Å². The van der Waals surface area contributed by atoms with Crippen molar-refractivity contribution in [3.8, 4) is 0 Å². The van der Waals surface area contributed by atoms with Crippen LogP contribution in [0.25, 0.3) is 0 Å². The molecule has 2 aromatic rings. The molecular weight excluding hydrogens is 240 g/mol. The fourth-order valence-corrected chi connectivity index (χ4v) is 2.67. The van der Waals surface area contributed by atoms with E-state index in [1.165, 1.54) is 12.0 Å². The van der Waals surface area contributed by atoms with Crippen molar-refractivity contribution < 1.29 is 0 Å². The van der Waals surface area contributed by atoms with Crippen LogP contribution in [0.3, 0.4) is 0 Å². The van der Waals surface area contributed by atoms with Crippen molar-refractivity contribution >= 4 is 0 Å².